The molecule has 0 aromatic carbocycles. The SMILES string of the molecule is CCCCCCCCO[C@@H]1O[C@H](C)[C@@H](OC(=O)CCCCC)[C@H](O[C@H]2O[C@@H](C)[C@H](OC(C)=O)[C@@H](O[C@H]3O[C@@H](C)[C@H](OC(C)=O)[C@@H](O[C@H]4O[C@@H](C)[C@H](O)[C@@H](O)[C@@H]4O)[C@@H]3O)[C@@H]2OC(C)=O)[C@H]1O. The minimum Gasteiger partial charge on any atom is -0.457 e. The van der Waals surface area contributed by atoms with Crippen molar-refractivity contribution in [1.82, 2.24) is 0 Å². The highest BCUT2D eigenvalue weighted by molar-refractivity contribution is 5.69. The van der Waals surface area contributed by atoms with Crippen LogP contribution in [0.2, 0.25) is 0 Å². The minimum atomic E-state index is -1.90. The Bertz CT molecular complexity index is 1490. The fourth-order valence-electron chi connectivity index (χ4n) is 8.37. The van der Waals surface area contributed by atoms with Crippen molar-refractivity contribution in [2.24, 2.45) is 0 Å². The topological polar surface area (TPSA) is 280 Å². The Labute approximate surface area is 380 Å². The van der Waals surface area contributed by atoms with Crippen molar-refractivity contribution in [3.63, 3.8) is 0 Å². The molecule has 5 N–H and O–H groups in total. The summed E-state index contributed by atoms with van der Waals surface area (Å²) in [6.45, 7) is 13.7. The Morgan fingerprint density at radius 2 is 0.831 bits per heavy atom. The van der Waals surface area contributed by atoms with Gasteiger partial charge in [-0.3, -0.25) is 19.2 Å². The van der Waals surface area contributed by atoms with Gasteiger partial charge in [0, 0.05) is 33.8 Å². The van der Waals surface area contributed by atoms with Crippen LogP contribution in [0.25, 0.3) is 0 Å². The van der Waals surface area contributed by atoms with Gasteiger partial charge in [-0.05, 0) is 40.5 Å². The molecule has 4 aliphatic heterocycles. The molecule has 0 bridgehead atoms. The molecule has 21 heteroatoms. The van der Waals surface area contributed by atoms with E-state index in [1.165, 1.54) is 20.8 Å². The third kappa shape index (κ3) is 15.2. The summed E-state index contributed by atoms with van der Waals surface area (Å²) >= 11 is 0. The maximum atomic E-state index is 13.2. The van der Waals surface area contributed by atoms with E-state index in [1.807, 2.05) is 6.92 Å². The number of aliphatic hydroxyl groups excluding tert-OH is 5. The maximum Gasteiger partial charge on any atom is 0.306 e. The highest BCUT2D eigenvalue weighted by atomic mass is 16.8. The van der Waals surface area contributed by atoms with Crippen molar-refractivity contribution in [1.29, 1.82) is 0 Å². The van der Waals surface area contributed by atoms with Crippen molar-refractivity contribution in [3.8, 4) is 0 Å². The van der Waals surface area contributed by atoms with Crippen molar-refractivity contribution in [2.75, 3.05) is 6.61 Å². The van der Waals surface area contributed by atoms with E-state index in [9.17, 15) is 44.7 Å². The van der Waals surface area contributed by atoms with E-state index in [0.717, 1.165) is 65.7 Å². The molecule has 4 aliphatic rings. The van der Waals surface area contributed by atoms with Crippen molar-refractivity contribution in [2.45, 2.75) is 249 Å². The summed E-state index contributed by atoms with van der Waals surface area (Å²) in [6, 6.07) is 0. The highest BCUT2D eigenvalue weighted by Gasteiger charge is 2.58. The van der Waals surface area contributed by atoms with Gasteiger partial charge in [0.1, 0.15) is 48.8 Å². The minimum absolute atomic E-state index is 0.0867. The standard InChI is InChI=1S/C44H74O21/c1-10-12-14-15-16-18-20-54-41-32(52)37(35(23(5)56-41)62-28(48)19-17-13-11-2)64-44-40(61-27(9)47)39(36(24(6)58-44)60-26(8)46)65-43-33(53)38(34(22(4)57-43)59-25(7)45)63-42-31(51)30(50)29(49)21(3)55-42/h21-24,29-44,49-53H,10-20H2,1-9H3/t21-,22-,23+,24-,29-,30+,31-,32+,33-,34-,35+,36-,37+,38-,39+,40-,41+,42+,43+,44+/m0/s1. The van der Waals surface area contributed by atoms with Crippen LogP contribution in [0, 0.1) is 0 Å². The number of hydrogen-bond acceptors (Lipinski definition) is 21. The summed E-state index contributed by atoms with van der Waals surface area (Å²) < 4.78 is 71.7. The third-order valence-corrected chi connectivity index (χ3v) is 11.8. The van der Waals surface area contributed by atoms with Gasteiger partial charge >= 0.3 is 23.9 Å². The molecule has 0 unspecified atom stereocenters. The summed E-state index contributed by atoms with van der Waals surface area (Å²) in [6.07, 6.45) is -20.9. The van der Waals surface area contributed by atoms with Gasteiger partial charge in [0.15, 0.2) is 49.6 Å². The van der Waals surface area contributed by atoms with E-state index in [4.69, 9.17) is 56.8 Å². The van der Waals surface area contributed by atoms with Gasteiger partial charge in [-0.1, -0.05) is 58.8 Å². The van der Waals surface area contributed by atoms with Crippen LogP contribution >= 0.6 is 0 Å². The van der Waals surface area contributed by atoms with Crippen molar-refractivity contribution in [3.05, 3.63) is 0 Å². The Balaban J connectivity index is 1.68. The lowest BCUT2D eigenvalue weighted by Gasteiger charge is -2.50. The van der Waals surface area contributed by atoms with E-state index in [0.29, 0.717) is 12.8 Å². The first-order chi connectivity index (χ1) is 30.8. The summed E-state index contributed by atoms with van der Waals surface area (Å²) in [4.78, 5) is 50.9. The van der Waals surface area contributed by atoms with Gasteiger partial charge < -0.3 is 82.4 Å². The number of aliphatic hydroxyl groups is 5. The average molecular weight is 939 g/mol. The molecule has 4 saturated heterocycles. The molecule has 0 aromatic heterocycles. The largest absolute Gasteiger partial charge is 0.457 e. The number of esters is 4. The number of ether oxygens (including phenoxy) is 12. The molecule has 0 saturated carbocycles. The number of hydrogen-bond donors (Lipinski definition) is 5. The Hall–Kier alpha value is -2.64. The number of carbonyl (C=O) groups excluding carboxylic acids is 4. The zero-order valence-electron chi connectivity index (χ0n) is 39.1. The van der Waals surface area contributed by atoms with E-state index < -0.39 is 147 Å². The van der Waals surface area contributed by atoms with Crippen LogP contribution in [-0.4, -0.2) is 179 Å². The Kier molecular flexibility index (Phi) is 22.2. The van der Waals surface area contributed by atoms with Crippen LogP contribution in [-0.2, 0) is 76.0 Å². The normalized spacial score (nSPS) is 39.8. The Morgan fingerprint density at radius 1 is 0.415 bits per heavy atom. The molecule has 0 aromatic rings. The highest BCUT2D eigenvalue weighted by Crippen LogP contribution is 2.37. The number of rotatable bonds is 22. The molecular formula is C44H74O21. The molecule has 376 valence electrons. The number of unbranched alkanes of at least 4 members (excludes halogenated alkanes) is 7. The fraction of sp³-hybridized carbons (Fsp3) is 0.909. The van der Waals surface area contributed by atoms with E-state index in [2.05, 4.69) is 6.92 Å². The second-order valence-electron chi connectivity index (χ2n) is 17.4. The van der Waals surface area contributed by atoms with E-state index >= 15 is 0 Å². The summed E-state index contributed by atoms with van der Waals surface area (Å²) in [5.41, 5.74) is 0. The summed E-state index contributed by atoms with van der Waals surface area (Å²) in [5, 5.41) is 55.3. The van der Waals surface area contributed by atoms with Gasteiger partial charge in [0.05, 0.1) is 24.4 Å². The van der Waals surface area contributed by atoms with E-state index in [1.54, 1.807) is 6.92 Å². The lowest BCUT2D eigenvalue weighted by Crippen LogP contribution is -2.67. The fourth-order valence-corrected chi connectivity index (χ4v) is 8.37. The zero-order chi connectivity index (χ0) is 48.1. The molecular weight excluding hydrogens is 864 g/mol. The molecule has 21 nitrogen and oxygen atoms in total. The molecule has 0 amide bonds. The van der Waals surface area contributed by atoms with E-state index in [-0.39, 0.29) is 13.0 Å². The van der Waals surface area contributed by atoms with Gasteiger partial charge in [-0.25, -0.2) is 0 Å². The first kappa shape index (κ1) is 55.0. The van der Waals surface area contributed by atoms with Crippen LogP contribution in [0.1, 0.15) is 127 Å². The van der Waals surface area contributed by atoms with Crippen molar-refractivity contribution < 1.29 is 102 Å². The third-order valence-electron chi connectivity index (χ3n) is 11.8. The van der Waals surface area contributed by atoms with Crippen LogP contribution < -0.4 is 0 Å². The molecule has 20 atom stereocenters. The summed E-state index contributed by atoms with van der Waals surface area (Å²) in [5.74, 6) is -3.01. The second kappa shape index (κ2) is 26.2. The first-order valence-electron chi connectivity index (χ1n) is 23.1. The summed E-state index contributed by atoms with van der Waals surface area (Å²) in [7, 11) is 0. The lowest BCUT2D eigenvalue weighted by atomic mass is 9.95. The van der Waals surface area contributed by atoms with Crippen LogP contribution in [0.5, 0.6) is 0 Å². The van der Waals surface area contributed by atoms with Crippen molar-refractivity contribution >= 4 is 23.9 Å². The van der Waals surface area contributed by atoms with Crippen LogP contribution in [0.3, 0.4) is 0 Å². The molecule has 0 radical (unpaired) electrons. The zero-order valence-corrected chi connectivity index (χ0v) is 39.1. The predicted molar refractivity (Wildman–Crippen MR) is 222 cm³/mol. The lowest BCUT2D eigenvalue weighted by molar-refractivity contribution is -0.385. The van der Waals surface area contributed by atoms with Crippen LogP contribution in [0.4, 0.5) is 0 Å². The monoisotopic (exact) mass is 938 g/mol. The Morgan fingerprint density at radius 3 is 1.42 bits per heavy atom. The first-order valence-corrected chi connectivity index (χ1v) is 23.1. The van der Waals surface area contributed by atoms with Gasteiger partial charge in [0.25, 0.3) is 0 Å². The molecule has 65 heavy (non-hydrogen) atoms. The second-order valence-corrected chi connectivity index (χ2v) is 17.4. The number of carbonyl (C=O) groups is 4. The molecule has 4 fully saturated rings. The van der Waals surface area contributed by atoms with Crippen LogP contribution in [0.15, 0.2) is 0 Å². The quantitative estimate of drug-likeness (QED) is 0.0585. The smallest absolute Gasteiger partial charge is 0.306 e. The molecule has 4 heterocycles. The molecule has 4 rings (SSSR count). The van der Waals surface area contributed by atoms with Gasteiger partial charge in [0.2, 0.25) is 0 Å². The molecule has 0 aliphatic carbocycles. The maximum absolute atomic E-state index is 13.2. The predicted octanol–water partition coefficient (Wildman–Crippen LogP) is 1.59. The van der Waals surface area contributed by atoms with Gasteiger partial charge in [-0.2, -0.15) is 0 Å². The average Bonchev–Trinajstić information content (AvgIpc) is 3.23. The molecule has 0 spiro atoms. The van der Waals surface area contributed by atoms with Gasteiger partial charge in [-0.15, -0.1) is 0 Å².